The van der Waals surface area contributed by atoms with Crippen molar-refractivity contribution in [1.82, 2.24) is 9.97 Å². The second-order valence-electron chi connectivity index (χ2n) is 7.36. The van der Waals surface area contributed by atoms with Crippen molar-refractivity contribution in [3.05, 3.63) is 47.0 Å². The summed E-state index contributed by atoms with van der Waals surface area (Å²) >= 11 is 5.84. The summed E-state index contributed by atoms with van der Waals surface area (Å²) in [5.74, 6) is 0.973. The Morgan fingerprint density at radius 3 is 2.67 bits per heavy atom. The Labute approximate surface area is 181 Å². The third kappa shape index (κ3) is 6.55. The normalized spacial score (nSPS) is 14.6. The molecule has 0 atom stereocenters. The zero-order chi connectivity index (χ0) is 21.3. The van der Waals surface area contributed by atoms with Crippen molar-refractivity contribution in [3.8, 4) is 5.75 Å². The van der Waals surface area contributed by atoms with E-state index < -0.39 is 11.8 Å². The first-order chi connectivity index (χ1) is 14.5. The lowest BCUT2D eigenvalue weighted by atomic mass is 9.92. The highest BCUT2D eigenvalue weighted by Gasteiger charge is 2.20. The summed E-state index contributed by atoms with van der Waals surface area (Å²) in [6.45, 7) is 4.41. The highest BCUT2D eigenvalue weighted by Crippen LogP contribution is 2.25. The molecule has 1 aromatic heterocycles. The first kappa shape index (κ1) is 22.3. The number of rotatable bonds is 9. The summed E-state index contributed by atoms with van der Waals surface area (Å²) in [6, 6.07) is 4.61. The van der Waals surface area contributed by atoms with Crippen LogP contribution in [0.5, 0.6) is 5.75 Å². The fourth-order valence-electron chi connectivity index (χ4n) is 3.58. The summed E-state index contributed by atoms with van der Waals surface area (Å²) in [4.78, 5) is 22.2. The van der Waals surface area contributed by atoms with Gasteiger partial charge in [0.25, 0.3) is 0 Å². The first-order valence-electron chi connectivity index (χ1n) is 10.3. The minimum Gasteiger partial charge on any atom is -0.493 e. The van der Waals surface area contributed by atoms with Gasteiger partial charge in [-0.2, -0.15) is 0 Å². The smallest absolute Gasteiger partial charge is 0.310 e. The van der Waals surface area contributed by atoms with E-state index in [9.17, 15) is 9.18 Å². The number of esters is 1. The van der Waals surface area contributed by atoms with Crippen LogP contribution in [-0.4, -0.2) is 42.2 Å². The van der Waals surface area contributed by atoms with E-state index in [1.807, 2.05) is 0 Å². The molecule has 8 heteroatoms. The van der Waals surface area contributed by atoms with Crippen molar-refractivity contribution in [1.29, 1.82) is 0 Å². The number of carbonyl (C=O) groups excluding carboxylic acids is 1. The topological polar surface area (TPSA) is 64.6 Å². The molecule has 0 amide bonds. The fourth-order valence-corrected chi connectivity index (χ4v) is 3.68. The lowest BCUT2D eigenvalue weighted by Gasteiger charge is -2.31. The molecule has 1 aliphatic heterocycles. The molecule has 0 saturated carbocycles. The molecule has 30 heavy (non-hydrogen) atoms. The monoisotopic (exact) mass is 435 g/mol. The molecular formula is C22H27ClFN3O3. The van der Waals surface area contributed by atoms with Gasteiger partial charge in [-0.3, -0.25) is 4.79 Å². The molecule has 2 heterocycles. The highest BCUT2D eigenvalue weighted by molar-refractivity contribution is 6.30. The molecule has 6 nitrogen and oxygen atoms in total. The summed E-state index contributed by atoms with van der Waals surface area (Å²) in [5.41, 5.74) is 0.317. The van der Waals surface area contributed by atoms with Gasteiger partial charge in [0.2, 0.25) is 5.95 Å². The first-order valence-corrected chi connectivity index (χ1v) is 10.7. The zero-order valence-electron chi connectivity index (χ0n) is 17.2. The maximum atomic E-state index is 14.1. The van der Waals surface area contributed by atoms with E-state index in [0.717, 1.165) is 44.7 Å². The van der Waals surface area contributed by atoms with Crippen LogP contribution in [0.4, 0.5) is 10.3 Å². The fraction of sp³-hybridized carbons (Fsp3) is 0.500. The molecule has 0 bridgehead atoms. The van der Waals surface area contributed by atoms with Crippen LogP contribution in [0.2, 0.25) is 5.02 Å². The highest BCUT2D eigenvalue weighted by atomic mass is 35.5. The van der Waals surface area contributed by atoms with Gasteiger partial charge in [-0.25, -0.2) is 14.4 Å². The molecule has 1 aliphatic rings. The number of carbonyl (C=O) groups is 1. The minimum absolute atomic E-state index is 0.0697. The number of piperidine rings is 1. The molecule has 0 aliphatic carbocycles. The van der Waals surface area contributed by atoms with Crippen LogP contribution in [-0.2, 0) is 16.0 Å². The molecular weight excluding hydrogens is 409 g/mol. The van der Waals surface area contributed by atoms with E-state index in [2.05, 4.69) is 14.9 Å². The lowest BCUT2D eigenvalue weighted by molar-refractivity contribution is -0.142. The van der Waals surface area contributed by atoms with Crippen LogP contribution in [0, 0.1) is 11.7 Å². The molecule has 0 N–H and O–H groups in total. The molecule has 1 fully saturated rings. The SMILES string of the molecule is CCOC(=O)Cc1ccc(OCCCC2CCN(c3ncc(Cl)cn3)CC2)cc1F. The number of hydrogen-bond acceptors (Lipinski definition) is 6. The van der Waals surface area contributed by atoms with Gasteiger partial charge in [0.05, 0.1) is 37.1 Å². The summed E-state index contributed by atoms with van der Waals surface area (Å²) < 4.78 is 24.7. The Bertz CT molecular complexity index is 827. The number of ether oxygens (including phenoxy) is 2. The van der Waals surface area contributed by atoms with Crippen molar-refractivity contribution < 1.29 is 18.7 Å². The number of hydrogen-bond donors (Lipinski definition) is 0. The van der Waals surface area contributed by atoms with Gasteiger partial charge in [-0.1, -0.05) is 17.7 Å². The van der Waals surface area contributed by atoms with Crippen LogP contribution in [0.3, 0.4) is 0 Å². The van der Waals surface area contributed by atoms with Crippen molar-refractivity contribution in [2.24, 2.45) is 5.92 Å². The molecule has 0 radical (unpaired) electrons. The molecule has 1 saturated heterocycles. The Balaban J connectivity index is 1.36. The molecule has 0 unspecified atom stereocenters. The Morgan fingerprint density at radius 1 is 1.27 bits per heavy atom. The number of benzene rings is 1. The van der Waals surface area contributed by atoms with E-state index >= 15 is 0 Å². The van der Waals surface area contributed by atoms with Gasteiger partial charge in [0, 0.05) is 19.2 Å². The largest absolute Gasteiger partial charge is 0.493 e. The van der Waals surface area contributed by atoms with Gasteiger partial charge in [-0.05, 0) is 50.2 Å². The second kappa shape index (κ2) is 11.1. The number of nitrogens with zero attached hydrogens (tertiary/aromatic N) is 3. The average Bonchev–Trinajstić information content (AvgIpc) is 2.74. The summed E-state index contributed by atoms with van der Waals surface area (Å²) in [6.07, 6.45) is 7.33. The summed E-state index contributed by atoms with van der Waals surface area (Å²) in [7, 11) is 0. The van der Waals surface area contributed by atoms with Gasteiger partial charge in [0.15, 0.2) is 0 Å². The van der Waals surface area contributed by atoms with Crippen molar-refractivity contribution in [2.75, 3.05) is 31.2 Å². The van der Waals surface area contributed by atoms with Crippen LogP contribution >= 0.6 is 11.6 Å². The van der Waals surface area contributed by atoms with Crippen LogP contribution < -0.4 is 9.64 Å². The van der Waals surface area contributed by atoms with E-state index in [1.54, 1.807) is 31.5 Å². The van der Waals surface area contributed by atoms with Crippen LogP contribution in [0.1, 0.15) is 38.2 Å². The molecule has 3 rings (SSSR count). The molecule has 2 aromatic rings. The van der Waals surface area contributed by atoms with Gasteiger partial charge >= 0.3 is 5.97 Å². The van der Waals surface area contributed by atoms with Crippen molar-refractivity contribution in [2.45, 2.75) is 39.0 Å². The predicted molar refractivity (Wildman–Crippen MR) is 113 cm³/mol. The van der Waals surface area contributed by atoms with Gasteiger partial charge < -0.3 is 14.4 Å². The maximum absolute atomic E-state index is 14.1. The van der Waals surface area contributed by atoms with Gasteiger partial charge in [0.1, 0.15) is 11.6 Å². The number of halogens is 2. The average molecular weight is 436 g/mol. The lowest BCUT2D eigenvalue weighted by Crippen LogP contribution is -2.34. The third-order valence-electron chi connectivity index (χ3n) is 5.19. The second-order valence-corrected chi connectivity index (χ2v) is 7.79. The number of anilines is 1. The van der Waals surface area contributed by atoms with Crippen LogP contribution in [0.25, 0.3) is 0 Å². The molecule has 162 valence electrons. The summed E-state index contributed by atoms with van der Waals surface area (Å²) in [5, 5.41) is 0.544. The quantitative estimate of drug-likeness (QED) is 0.428. The van der Waals surface area contributed by atoms with Crippen LogP contribution in [0.15, 0.2) is 30.6 Å². The van der Waals surface area contributed by atoms with E-state index in [1.165, 1.54) is 6.07 Å². The molecule has 1 aromatic carbocycles. The van der Waals surface area contributed by atoms with E-state index in [-0.39, 0.29) is 13.0 Å². The van der Waals surface area contributed by atoms with E-state index in [0.29, 0.717) is 28.9 Å². The number of aromatic nitrogens is 2. The van der Waals surface area contributed by atoms with E-state index in [4.69, 9.17) is 21.1 Å². The van der Waals surface area contributed by atoms with Crippen molar-refractivity contribution in [3.63, 3.8) is 0 Å². The van der Waals surface area contributed by atoms with Crippen molar-refractivity contribution >= 4 is 23.5 Å². The Kier molecular flexibility index (Phi) is 8.25. The molecule has 0 spiro atoms. The minimum atomic E-state index is -0.447. The third-order valence-corrected chi connectivity index (χ3v) is 5.39. The maximum Gasteiger partial charge on any atom is 0.310 e. The Morgan fingerprint density at radius 2 is 2.00 bits per heavy atom. The zero-order valence-corrected chi connectivity index (χ0v) is 17.9. The Hall–Kier alpha value is -2.41. The predicted octanol–water partition coefficient (Wildman–Crippen LogP) is 4.45. The van der Waals surface area contributed by atoms with Gasteiger partial charge in [-0.15, -0.1) is 0 Å². The standard InChI is InChI=1S/C22H27ClFN3O3/c1-2-29-21(28)12-17-5-6-19(13-20(17)24)30-11-3-4-16-7-9-27(10-8-16)22-25-14-18(23)15-26-22/h5-6,13-16H,2-4,7-12H2,1H3.